The number of rotatable bonds is 4. The highest BCUT2D eigenvalue weighted by atomic mass is 16.5. The summed E-state index contributed by atoms with van der Waals surface area (Å²) in [5.74, 6) is -0.258. The van der Waals surface area contributed by atoms with Gasteiger partial charge in [-0.1, -0.05) is 6.08 Å². The Morgan fingerprint density at radius 3 is 3.15 bits per heavy atom. The molecule has 0 bridgehead atoms. The average Bonchev–Trinajstić information content (AvgIpc) is 2.61. The Hall–Kier alpha value is -0.870. The van der Waals surface area contributed by atoms with Gasteiger partial charge in [-0.15, -0.1) is 6.58 Å². The highest BCUT2D eigenvalue weighted by Crippen LogP contribution is 2.12. The van der Waals surface area contributed by atoms with Crippen LogP contribution < -0.4 is 5.32 Å². The van der Waals surface area contributed by atoms with E-state index in [0.717, 1.165) is 13.0 Å². The molecule has 0 aromatic rings. The quantitative estimate of drug-likeness (QED) is 0.498. The molecule has 1 fully saturated rings. The minimum absolute atomic E-state index is 0.0783. The molecule has 0 unspecified atom stereocenters. The monoisotopic (exact) mass is 185 g/mol. The highest BCUT2D eigenvalue weighted by Gasteiger charge is 2.33. The fraction of sp³-hybridized carbons (Fsp3) is 0.667. The van der Waals surface area contributed by atoms with Crippen molar-refractivity contribution in [2.75, 3.05) is 20.3 Å². The van der Waals surface area contributed by atoms with Crippen molar-refractivity contribution in [3.63, 3.8) is 0 Å². The van der Waals surface area contributed by atoms with Crippen molar-refractivity contribution in [2.45, 2.75) is 18.6 Å². The first-order valence-electron chi connectivity index (χ1n) is 4.33. The maximum Gasteiger partial charge on any atom is 0.325 e. The Morgan fingerprint density at radius 2 is 2.54 bits per heavy atom. The first-order valence-corrected chi connectivity index (χ1v) is 4.33. The van der Waals surface area contributed by atoms with Crippen LogP contribution in [0.2, 0.25) is 0 Å². The van der Waals surface area contributed by atoms with Crippen LogP contribution in [0.3, 0.4) is 0 Å². The summed E-state index contributed by atoms with van der Waals surface area (Å²) in [5.41, 5.74) is 0. The lowest BCUT2D eigenvalue weighted by Crippen LogP contribution is -2.40. The zero-order valence-electron chi connectivity index (χ0n) is 7.79. The van der Waals surface area contributed by atoms with Crippen molar-refractivity contribution in [1.82, 2.24) is 5.32 Å². The van der Waals surface area contributed by atoms with Crippen LogP contribution in [0.1, 0.15) is 6.42 Å². The van der Waals surface area contributed by atoms with Crippen LogP contribution >= 0.6 is 0 Å². The molecule has 1 heterocycles. The smallest absolute Gasteiger partial charge is 0.325 e. The second-order valence-corrected chi connectivity index (χ2v) is 2.90. The predicted octanol–water partition coefficient (Wildman–Crippen LogP) is 0.0925. The molecule has 2 atom stereocenters. The van der Waals surface area contributed by atoms with Crippen molar-refractivity contribution >= 4 is 5.97 Å². The largest absolute Gasteiger partial charge is 0.468 e. The van der Waals surface area contributed by atoms with E-state index in [9.17, 15) is 4.79 Å². The van der Waals surface area contributed by atoms with E-state index < -0.39 is 0 Å². The lowest BCUT2D eigenvalue weighted by molar-refractivity contribution is -0.145. The number of hydrogen-bond donors (Lipinski definition) is 1. The van der Waals surface area contributed by atoms with Gasteiger partial charge >= 0.3 is 5.97 Å². The molecule has 74 valence electrons. The number of esters is 1. The molecule has 0 aromatic carbocycles. The van der Waals surface area contributed by atoms with Gasteiger partial charge in [0.2, 0.25) is 0 Å². The molecule has 4 nitrogen and oxygen atoms in total. The van der Waals surface area contributed by atoms with E-state index in [1.807, 2.05) is 0 Å². The summed E-state index contributed by atoms with van der Waals surface area (Å²) in [4.78, 5) is 11.2. The van der Waals surface area contributed by atoms with Crippen molar-refractivity contribution in [2.24, 2.45) is 0 Å². The van der Waals surface area contributed by atoms with E-state index in [1.165, 1.54) is 7.11 Å². The van der Waals surface area contributed by atoms with Crippen molar-refractivity contribution < 1.29 is 14.3 Å². The summed E-state index contributed by atoms with van der Waals surface area (Å²) >= 11 is 0. The second-order valence-electron chi connectivity index (χ2n) is 2.90. The lowest BCUT2D eigenvalue weighted by Gasteiger charge is -2.16. The van der Waals surface area contributed by atoms with Crippen molar-refractivity contribution in [3.8, 4) is 0 Å². The Kier molecular flexibility index (Phi) is 3.92. The Balaban J connectivity index is 2.43. The third kappa shape index (κ3) is 2.54. The van der Waals surface area contributed by atoms with Crippen LogP contribution in [0.25, 0.3) is 0 Å². The number of hydrogen-bond acceptors (Lipinski definition) is 4. The van der Waals surface area contributed by atoms with E-state index >= 15 is 0 Å². The van der Waals surface area contributed by atoms with E-state index in [1.54, 1.807) is 6.08 Å². The maximum absolute atomic E-state index is 11.2. The molecular weight excluding hydrogens is 170 g/mol. The fourth-order valence-corrected chi connectivity index (χ4v) is 1.41. The molecule has 0 radical (unpaired) electrons. The summed E-state index contributed by atoms with van der Waals surface area (Å²) in [6.07, 6.45) is 2.44. The molecule has 1 aliphatic heterocycles. The number of carbonyl (C=O) groups is 1. The molecule has 1 rings (SSSR count). The zero-order chi connectivity index (χ0) is 9.68. The first-order chi connectivity index (χ1) is 6.29. The van der Waals surface area contributed by atoms with Gasteiger partial charge in [0.15, 0.2) is 0 Å². The van der Waals surface area contributed by atoms with Gasteiger partial charge in [0, 0.05) is 0 Å². The summed E-state index contributed by atoms with van der Waals surface area (Å²) in [5, 5.41) is 3.03. The molecule has 0 saturated carbocycles. The first kappa shape index (κ1) is 10.2. The summed E-state index contributed by atoms with van der Waals surface area (Å²) in [6, 6.07) is -0.315. The standard InChI is InChI=1S/C9H15NO3/c1-3-6-13-7-4-5-10-8(7)9(11)12-2/h3,7-8,10H,1,4-6H2,2H3/t7-,8-/m0/s1. The number of ether oxygens (including phenoxy) is 2. The minimum atomic E-state index is -0.315. The van der Waals surface area contributed by atoms with Gasteiger partial charge < -0.3 is 14.8 Å². The molecule has 1 N–H and O–H groups in total. The zero-order valence-corrected chi connectivity index (χ0v) is 7.79. The minimum Gasteiger partial charge on any atom is -0.468 e. The van der Waals surface area contributed by atoms with Crippen LogP contribution in [0.15, 0.2) is 12.7 Å². The van der Waals surface area contributed by atoms with E-state index in [0.29, 0.717) is 6.61 Å². The van der Waals surface area contributed by atoms with Gasteiger partial charge in [-0.3, -0.25) is 4.79 Å². The van der Waals surface area contributed by atoms with Gasteiger partial charge in [-0.2, -0.15) is 0 Å². The molecule has 0 aliphatic carbocycles. The fourth-order valence-electron chi connectivity index (χ4n) is 1.41. The van der Waals surface area contributed by atoms with Crippen molar-refractivity contribution in [1.29, 1.82) is 0 Å². The van der Waals surface area contributed by atoms with Gasteiger partial charge in [0.25, 0.3) is 0 Å². The van der Waals surface area contributed by atoms with Crippen LogP contribution in [-0.2, 0) is 14.3 Å². The molecule has 1 aliphatic rings. The topological polar surface area (TPSA) is 47.6 Å². The van der Waals surface area contributed by atoms with E-state index in [-0.39, 0.29) is 18.1 Å². The molecule has 0 amide bonds. The summed E-state index contributed by atoms with van der Waals surface area (Å²) in [7, 11) is 1.38. The molecule has 0 aromatic heterocycles. The van der Waals surface area contributed by atoms with Crippen molar-refractivity contribution in [3.05, 3.63) is 12.7 Å². The number of carbonyl (C=O) groups excluding carboxylic acids is 1. The highest BCUT2D eigenvalue weighted by molar-refractivity contribution is 5.76. The Morgan fingerprint density at radius 1 is 1.77 bits per heavy atom. The van der Waals surface area contributed by atoms with Gasteiger partial charge in [0.1, 0.15) is 6.04 Å². The third-order valence-electron chi connectivity index (χ3n) is 2.05. The molecular formula is C9H15NO3. The maximum atomic E-state index is 11.2. The predicted molar refractivity (Wildman–Crippen MR) is 48.4 cm³/mol. The Labute approximate surface area is 77.9 Å². The van der Waals surface area contributed by atoms with Crippen LogP contribution in [0.5, 0.6) is 0 Å². The number of nitrogens with one attached hydrogen (secondary N) is 1. The average molecular weight is 185 g/mol. The van der Waals surface area contributed by atoms with Crippen LogP contribution in [0.4, 0.5) is 0 Å². The van der Waals surface area contributed by atoms with E-state index in [2.05, 4.69) is 16.6 Å². The normalized spacial score (nSPS) is 27.2. The van der Waals surface area contributed by atoms with Gasteiger partial charge in [-0.05, 0) is 13.0 Å². The van der Waals surface area contributed by atoms with Crippen LogP contribution in [0, 0.1) is 0 Å². The Bertz CT molecular complexity index is 193. The van der Waals surface area contributed by atoms with Gasteiger partial charge in [-0.25, -0.2) is 0 Å². The molecule has 0 spiro atoms. The molecule has 13 heavy (non-hydrogen) atoms. The van der Waals surface area contributed by atoms with E-state index in [4.69, 9.17) is 4.74 Å². The number of methoxy groups -OCH3 is 1. The summed E-state index contributed by atoms with van der Waals surface area (Å²) in [6.45, 7) is 4.82. The second kappa shape index (κ2) is 4.99. The molecule has 1 saturated heterocycles. The lowest BCUT2D eigenvalue weighted by atomic mass is 10.2. The third-order valence-corrected chi connectivity index (χ3v) is 2.05. The molecule has 4 heteroatoms. The SMILES string of the molecule is C=CCO[C@H]1CCN[C@@H]1C(=O)OC. The van der Waals surface area contributed by atoms with Crippen LogP contribution in [-0.4, -0.2) is 38.4 Å². The summed E-state index contributed by atoms with van der Waals surface area (Å²) < 4.78 is 10.0. The van der Waals surface area contributed by atoms with Gasteiger partial charge in [0.05, 0.1) is 19.8 Å².